The number of fused-ring (bicyclic) bond motifs is 3. The molecule has 1 fully saturated rings. The van der Waals surface area contributed by atoms with Gasteiger partial charge in [0.1, 0.15) is 22.8 Å². The van der Waals surface area contributed by atoms with Crippen LogP contribution in [0.15, 0.2) is 57.8 Å². The normalized spacial score (nSPS) is 26.6. The van der Waals surface area contributed by atoms with E-state index < -0.39 is 58.0 Å². The van der Waals surface area contributed by atoms with Crippen LogP contribution in [0.1, 0.15) is 28.7 Å². The number of carbonyl (C=O) groups is 3. The van der Waals surface area contributed by atoms with Crippen LogP contribution in [-0.2, 0) is 20.8 Å². The van der Waals surface area contributed by atoms with Gasteiger partial charge in [-0.15, -0.1) is 0 Å². The number of aliphatic hydroxyl groups is 3. The van der Waals surface area contributed by atoms with E-state index in [1.54, 1.807) is 20.2 Å². The van der Waals surface area contributed by atoms with Crippen LogP contribution in [0.2, 0.25) is 0 Å². The van der Waals surface area contributed by atoms with E-state index in [2.05, 4.69) is 15.9 Å². The Bertz CT molecular complexity index is 1520. The molecule has 2 aromatic carbocycles. The number of hydrogen-bond donors (Lipinski definition) is 5. The van der Waals surface area contributed by atoms with Gasteiger partial charge in [0.15, 0.2) is 11.4 Å². The molecule has 0 saturated heterocycles. The number of aliphatic hydroxyl groups excluding tert-OH is 2. The predicted molar refractivity (Wildman–Crippen MR) is 147 cm³/mol. The Balaban J connectivity index is 1.66. The largest absolute Gasteiger partial charge is 0.508 e. The minimum Gasteiger partial charge on any atom is -0.508 e. The molecule has 1 saturated carbocycles. The average molecular weight is 595 g/mol. The lowest BCUT2D eigenvalue weighted by atomic mass is 9.57. The van der Waals surface area contributed by atoms with E-state index in [0.717, 1.165) is 10.0 Å². The van der Waals surface area contributed by atoms with Crippen molar-refractivity contribution in [1.82, 2.24) is 4.90 Å². The molecule has 0 spiro atoms. The number of benzene rings is 2. The quantitative estimate of drug-likeness (QED) is 0.266. The van der Waals surface area contributed by atoms with Gasteiger partial charge in [0.2, 0.25) is 5.78 Å². The van der Waals surface area contributed by atoms with Crippen molar-refractivity contribution in [3.63, 3.8) is 0 Å². The van der Waals surface area contributed by atoms with Gasteiger partial charge in [-0.05, 0) is 67.7 Å². The first kappa shape index (κ1) is 26.9. The maximum atomic E-state index is 13.9. The highest BCUT2D eigenvalue weighted by Gasteiger charge is 2.64. The van der Waals surface area contributed by atoms with Crippen LogP contribution in [0.25, 0.3) is 17.9 Å². The first-order chi connectivity index (χ1) is 18.4. The van der Waals surface area contributed by atoms with E-state index in [4.69, 9.17) is 5.73 Å². The molecule has 202 valence electrons. The van der Waals surface area contributed by atoms with Crippen molar-refractivity contribution in [2.45, 2.75) is 24.5 Å². The number of phenols is 1. The molecule has 0 unspecified atom stereocenters. The standard InChI is InChI=1S/C29H27BrN2O7/c1-32(2)23-18-12-15-11-17-14(6-3-13-4-8-16(30)9-5-13)7-10-19(33)21(17)24(34)20(15)26(36)29(18,39)27(37)22(25(23)35)28(31)38/h3-10,15,18,23,33-34,37,39H,11-12H2,1-2H3,(H2,31,38)/b6-3+/t15-,18+,23-,29-/m0/s1. The number of hydrogen-bond acceptors (Lipinski definition) is 8. The maximum absolute atomic E-state index is 13.9. The molecule has 6 N–H and O–H groups in total. The zero-order chi connectivity index (χ0) is 28.4. The van der Waals surface area contributed by atoms with Crippen molar-refractivity contribution < 1.29 is 34.8 Å². The molecule has 9 nitrogen and oxygen atoms in total. The summed E-state index contributed by atoms with van der Waals surface area (Å²) >= 11 is 3.41. The molecule has 10 heteroatoms. The first-order valence-electron chi connectivity index (χ1n) is 12.3. The first-order valence-corrected chi connectivity index (χ1v) is 13.1. The third kappa shape index (κ3) is 4.02. The third-order valence-corrected chi connectivity index (χ3v) is 8.49. The smallest absolute Gasteiger partial charge is 0.255 e. The predicted octanol–water partition coefficient (Wildman–Crippen LogP) is 2.90. The van der Waals surface area contributed by atoms with Crippen LogP contribution >= 0.6 is 15.9 Å². The maximum Gasteiger partial charge on any atom is 0.255 e. The van der Waals surface area contributed by atoms with Crippen LogP contribution in [-0.4, -0.2) is 68.5 Å². The van der Waals surface area contributed by atoms with Crippen molar-refractivity contribution >= 4 is 51.3 Å². The van der Waals surface area contributed by atoms with Crippen LogP contribution in [0.4, 0.5) is 0 Å². The number of halogens is 1. The summed E-state index contributed by atoms with van der Waals surface area (Å²) in [6.07, 6.45) is 4.00. The van der Waals surface area contributed by atoms with Gasteiger partial charge in [-0.25, -0.2) is 0 Å². The van der Waals surface area contributed by atoms with Gasteiger partial charge in [0, 0.05) is 16.0 Å². The number of ketones is 2. The van der Waals surface area contributed by atoms with Gasteiger partial charge in [-0.2, -0.15) is 0 Å². The molecular formula is C29H27BrN2O7. The van der Waals surface area contributed by atoms with Gasteiger partial charge in [0.05, 0.1) is 11.6 Å². The summed E-state index contributed by atoms with van der Waals surface area (Å²) < 4.78 is 0.937. The summed E-state index contributed by atoms with van der Waals surface area (Å²) in [5.41, 5.74) is 4.00. The third-order valence-electron chi connectivity index (χ3n) is 7.97. The van der Waals surface area contributed by atoms with Gasteiger partial charge in [-0.1, -0.05) is 46.3 Å². The zero-order valence-electron chi connectivity index (χ0n) is 21.2. The second kappa shape index (κ2) is 9.48. The lowest BCUT2D eigenvalue weighted by Gasteiger charge is -2.50. The number of carbonyl (C=O) groups excluding carboxylic acids is 3. The molecule has 2 aromatic rings. The molecule has 3 aliphatic rings. The van der Waals surface area contributed by atoms with Gasteiger partial charge < -0.3 is 26.2 Å². The number of primary amides is 1. The number of phenolic OH excluding ortho intramolecular Hbond substituents is 1. The highest BCUT2D eigenvalue weighted by atomic mass is 79.9. The van der Waals surface area contributed by atoms with Crippen molar-refractivity contribution in [2.24, 2.45) is 17.6 Å². The Kier molecular flexibility index (Phi) is 6.53. The highest BCUT2D eigenvalue weighted by molar-refractivity contribution is 9.10. The van der Waals surface area contributed by atoms with Crippen molar-refractivity contribution in [1.29, 1.82) is 0 Å². The number of nitrogens with two attached hydrogens (primary N) is 1. The van der Waals surface area contributed by atoms with E-state index in [1.807, 2.05) is 36.4 Å². The summed E-state index contributed by atoms with van der Waals surface area (Å²) in [4.78, 5) is 40.6. The summed E-state index contributed by atoms with van der Waals surface area (Å²) in [5, 5.41) is 44.6. The number of likely N-dealkylation sites (N-methyl/N-ethyl adjacent to an activating group) is 1. The fourth-order valence-corrected chi connectivity index (χ4v) is 6.45. The van der Waals surface area contributed by atoms with Crippen LogP contribution in [0.3, 0.4) is 0 Å². The second-order valence-electron chi connectivity index (χ2n) is 10.4. The van der Waals surface area contributed by atoms with Crippen molar-refractivity contribution in [3.8, 4) is 5.75 Å². The van der Waals surface area contributed by atoms with E-state index >= 15 is 0 Å². The monoisotopic (exact) mass is 594 g/mol. The zero-order valence-corrected chi connectivity index (χ0v) is 22.8. The molecule has 39 heavy (non-hydrogen) atoms. The fraction of sp³-hybridized carbons (Fsp3) is 0.276. The lowest BCUT2D eigenvalue weighted by molar-refractivity contribution is -0.153. The topological polar surface area (TPSA) is 161 Å². The number of Topliss-reactive ketones (excluding diaryl/α,β-unsaturated/α-hetero) is 2. The summed E-state index contributed by atoms with van der Waals surface area (Å²) in [6.45, 7) is 0. The molecule has 0 bridgehead atoms. The number of amides is 1. The average Bonchev–Trinajstić information content (AvgIpc) is 2.86. The molecule has 0 aromatic heterocycles. The van der Waals surface area contributed by atoms with Crippen molar-refractivity contribution in [2.75, 3.05) is 14.1 Å². The molecule has 1 amide bonds. The fourth-order valence-electron chi connectivity index (χ4n) is 6.18. The molecule has 0 aliphatic heterocycles. The summed E-state index contributed by atoms with van der Waals surface area (Å²) in [5.74, 6) is -6.69. The summed E-state index contributed by atoms with van der Waals surface area (Å²) in [7, 11) is 3.13. The molecule has 0 radical (unpaired) electrons. The molecular weight excluding hydrogens is 568 g/mol. The number of nitrogens with zero attached hydrogens (tertiary/aromatic N) is 1. The van der Waals surface area contributed by atoms with Gasteiger partial charge >= 0.3 is 0 Å². The Morgan fingerprint density at radius 1 is 1.08 bits per heavy atom. The molecule has 0 heterocycles. The number of rotatable bonds is 4. The Hall–Kier alpha value is -3.73. The molecule has 3 aliphatic carbocycles. The Morgan fingerprint density at radius 2 is 1.74 bits per heavy atom. The van der Waals surface area contributed by atoms with E-state index in [-0.39, 0.29) is 29.7 Å². The Labute approximate surface area is 232 Å². The molecule has 5 rings (SSSR count). The SMILES string of the molecule is CN(C)[C@@H]1C(=O)C(C(N)=O)=C(O)[C@@]2(O)C(=O)C3=C(O)c4c(O)ccc(/C=C/c5ccc(Br)cc5)c4C[C@H]3C[C@H]12. The Morgan fingerprint density at radius 3 is 2.36 bits per heavy atom. The van der Waals surface area contributed by atoms with Crippen LogP contribution < -0.4 is 5.73 Å². The minimum atomic E-state index is -2.65. The van der Waals surface area contributed by atoms with E-state index in [0.29, 0.717) is 11.1 Å². The highest BCUT2D eigenvalue weighted by Crippen LogP contribution is 2.53. The van der Waals surface area contributed by atoms with E-state index in [1.165, 1.54) is 11.0 Å². The lowest BCUT2D eigenvalue weighted by Crippen LogP contribution is -2.65. The molecule has 4 atom stereocenters. The van der Waals surface area contributed by atoms with Crippen molar-refractivity contribution in [3.05, 3.63) is 80.0 Å². The summed E-state index contributed by atoms with van der Waals surface area (Å²) in [6, 6.07) is 9.65. The van der Waals surface area contributed by atoms with Crippen LogP contribution in [0, 0.1) is 11.8 Å². The van der Waals surface area contributed by atoms with Crippen LogP contribution in [0.5, 0.6) is 5.75 Å². The minimum absolute atomic E-state index is 0.0390. The number of aromatic hydroxyl groups is 1. The second-order valence-corrected chi connectivity index (χ2v) is 11.3. The van der Waals surface area contributed by atoms with Gasteiger partial charge in [-0.3, -0.25) is 19.3 Å². The van der Waals surface area contributed by atoms with E-state index in [9.17, 15) is 34.8 Å². The van der Waals surface area contributed by atoms with Gasteiger partial charge in [0.25, 0.3) is 5.91 Å².